The third kappa shape index (κ3) is 3.89. The highest BCUT2D eigenvalue weighted by atomic mass is 19.1. The number of hydrogen-bond donors (Lipinski definition) is 1. The normalized spacial score (nSPS) is 12.7. The Labute approximate surface area is 97.3 Å². The third-order valence-electron chi connectivity index (χ3n) is 2.66. The van der Waals surface area contributed by atoms with Gasteiger partial charge >= 0.3 is 0 Å². The largest absolute Gasteiger partial charge is 0.309 e. The van der Waals surface area contributed by atoms with E-state index in [9.17, 15) is 4.39 Å². The zero-order chi connectivity index (χ0) is 11.8. The summed E-state index contributed by atoms with van der Waals surface area (Å²) in [4.78, 5) is 4.14. The van der Waals surface area contributed by atoms with Crippen molar-refractivity contribution in [2.45, 2.75) is 45.6 Å². The standard InChI is InChI=1S/C13H21FN2/c1-3-5-6-9-12(15-4-2)13-11(14)8-7-10-16-13/h7-8,10,12,15H,3-6,9H2,1-2H3. The molecule has 0 aliphatic rings. The van der Waals surface area contributed by atoms with E-state index in [0.29, 0.717) is 5.69 Å². The Balaban J connectivity index is 2.65. The Kier molecular flexibility index (Phi) is 6.01. The first kappa shape index (κ1) is 13.1. The molecule has 0 saturated heterocycles. The molecule has 2 nitrogen and oxygen atoms in total. The predicted octanol–water partition coefficient (Wildman–Crippen LogP) is 3.45. The molecule has 1 N–H and O–H groups in total. The van der Waals surface area contributed by atoms with Gasteiger partial charge in [-0.25, -0.2) is 4.39 Å². The monoisotopic (exact) mass is 224 g/mol. The summed E-state index contributed by atoms with van der Waals surface area (Å²) in [5, 5.41) is 3.30. The van der Waals surface area contributed by atoms with Crippen LogP contribution in [0.2, 0.25) is 0 Å². The number of halogens is 1. The van der Waals surface area contributed by atoms with Gasteiger partial charge in [0.2, 0.25) is 0 Å². The van der Waals surface area contributed by atoms with E-state index in [0.717, 1.165) is 19.4 Å². The molecule has 1 atom stereocenters. The number of pyridine rings is 1. The van der Waals surface area contributed by atoms with Crippen molar-refractivity contribution < 1.29 is 4.39 Å². The molecule has 1 heterocycles. The molecule has 0 fully saturated rings. The van der Waals surface area contributed by atoms with Crippen LogP contribution in [-0.2, 0) is 0 Å². The van der Waals surface area contributed by atoms with Crippen LogP contribution in [0.4, 0.5) is 4.39 Å². The average Bonchev–Trinajstić information content (AvgIpc) is 2.29. The first-order valence-electron chi connectivity index (χ1n) is 6.13. The first-order chi connectivity index (χ1) is 7.79. The molecule has 0 amide bonds. The van der Waals surface area contributed by atoms with E-state index in [1.807, 2.05) is 6.92 Å². The van der Waals surface area contributed by atoms with Gasteiger partial charge in [-0.2, -0.15) is 0 Å². The summed E-state index contributed by atoms with van der Waals surface area (Å²) >= 11 is 0. The molecule has 0 aliphatic heterocycles. The fraction of sp³-hybridized carbons (Fsp3) is 0.615. The Morgan fingerprint density at radius 2 is 2.19 bits per heavy atom. The van der Waals surface area contributed by atoms with E-state index in [4.69, 9.17) is 0 Å². The molecule has 16 heavy (non-hydrogen) atoms. The van der Waals surface area contributed by atoms with Crippen LogP contribution in [0.15, 0.2) is 18.3 Å². The van der Waals surface area contributed by atoms with Crippen LogP contribution in [0.3, 0.4) is 0 Å². The third-order valence-corrected chi connectivity index (χ3v) is 2.66. The van der Waals surface area contributed by atoms with Crippen LogP contribution >= 0.6 is 0 Å². The van der Waals surface area contributed by atoms with Crippen molar-refractivity contribution in [3.8, 4) is 0 Å². The molecule has 0 spiro atoms. The number of nitrogens with zero attached hydrogens (tertiary/aromatic N) is 1. The van der Waals surface area contributed by atoms with Gasteiger partial charge in [-0.1, -0.05) is 33.1 Å². The summed E-state index contributed by atoms with van der Waals surface area (Å²) < 4.78 is 13.6. The molecule has 0 bridgehead atoms. The van der Waals surface area contributed by atoms with Crippen LogP contribution in [0, 0.1) is 5.82 Å². The number of nitrogens with one attached hydrogen (secondary N) is 1. The van der Waals surface area contributed by atoms with Gasteiger partial charge in [0.25, 0.3) is 0 Å². The van der Waals surface area contributed by atoms with E-state index in [1.165, 1.54) is 18.9 Å². The lowest BCUT2D eigenvalue weighted by molar-refractivity contribution is 0.452. The van der Waals surface area contributed by atoms with Crippen molar-refractivity contribution in [1.29, 1.82) is 0 Å². The minimum absolute atomic E-state index is 0.0535. The predicted molar refractivity (Wildman–Crippen MR) is 64.8 cm³/mol. The molecule has 0 aromatic carbocycles. The minimum atomic E-state index is -0.204. The van der Waals surface area contributed by atoms with Crippen molar-refractivity contribution in [2.75, 3.05) is 6.54 Å². The summed E-state index contributed by atoms with van der Waals surface area (Å²) in [7, 11) is 0. The van der Waals surface area contributed by atoms with Crippen LogP contribution in [0.1, 0.15) is 51.3 Å². The smallest absolute Gasteiger partial charge is 0.146 e. The topological polar surface area (TPSA) is 24.9 Å². The summed E-state index contributed by atoms with van der Waals surface area (Å²) in [6.07, 6.45) is 6.10. The Hall–Kier alpha value is -0.960. The molecule has 0 aliphatic carbocycles. The lowest BCUT2D eigenvalue weighted by Gasteiger charge is -2.17. The zero-order valence-electron chi connectivity index (χ0n) is 10.2. The fourth-order valence-electron chi connectivity index (χ4n) is 1.83. The van der Waals surface area contributed by atoms with Crippen molar-refractivity contribution >= 4 is 0 Å². The van der Waals surface area contributed by atoms with Gasteiger partial charge < -0.3 is 5.32 Å². The number of rotatable bonds is 7. The minimum Gasteiger partial charge on any atom is -0.309 e. The number of unbranched alkanes of at least 4 members (excludes halogenated alkanes) is 2. The fourth-order valence-corrected chi connectivity index (χ4v) is 1.83. The zero-order valence-corrected chi connectivity index (χ0v) is 10.2. The van der Waals surface area contributed by atoms with Gasteiger partial charge in [0.15, 0.2) is 0 Å². The number of hydrogen-bond acceptors (Lipinski definition) is 2. The Bertz CT molecular complexity index is 302. The lowest BCUT2D eigenvalue weighted by Crippen LogP contribution is -2.23. The Morgan fingerprint density at radius 3 is 2.81 bits per heavy atom. The van der Waals surface area contributed by atoms with Gasteiger partial charge in [0.05, 0.1) is 11.7 Å². The van der Waals surface area contributed by atoms with E-state index >= 15 is 0 Å². The van der Waals surface area contributed by atoms with Crippen molar-refractivity contribution in [3.63, 3.8) is 0 Å². The maximum Gasteiger partial charge on any atom is 0.146 e. The van der Waals surface area contributed by atoms with Gasteiger partial charge in [-0.3, -0.25) is 4.98 Å². The van der Waals surface area contributed by atoms with Crippen LogP contribution in [0.25, 0.3) is 0 Å². The van der Waals surface area contributed by atoms with Gasteiger partial charge in [0.1, 0.15) is 5.82 Å². The van der Waals surface area contributed by atoms with Crippen LogP contribution in [0.5, 0.6) is 0 Å². The van der Waals surface area contributed by atoms with E-state index in [-0.39, 0.29) is 11.9 Å². The molecule has 1 aromatic heterocycles. The van der Waals surface area contributed by atoms with Crippen LogP contribution < -0.4 is 5.32 Å². The number of aromatic nitrogens is 1. The van der Waals surface area contributed by atoms with Crippen molar-refractivity contribution in [1.82, 2.24) is 10.3 Å². The molecular formula is C13H21FN2. The second kappa shape index (κ2) is 7.34. The summed E-state index contributed by atoms with van der Waals surface area (Å²) in [5.74, 6) is -0.204. The van der Waals surface area contributed by atoms with Gasteiger partial charge in [-0.05, 0) is 25.1 Å². The molecule has 1 unspecified atom stereocenters. The highest BCUT2D eigenvalue weighted by molar-refractivity contribution is 5.11. The highest BCUT2D eigenvalue weighted by Crippen LogP contribution is 2.20. The lowest BCUT2D eigenvalue weighted by atomic mass is 10.0. The second-order valence-electron chi connectivity index (χ2n) is 3.98. The van der Waals surface area contributed by atoms with E-state index < -0.39 is 0 Å². The van der Waals surface area contributed by atoms with Gasteiger partial charge in [-0.15, -0.1) is 0 Å². The summed E-state index contributed by atoms with van der Waals surface area (Å²) in [5.41, 5.74) is 0.556. The Morgan fingerprint density at radius 1 is 1.38 bits per heavy atom. The molecular weight excluding hydrogens is 203 g/mol. The van der Waals surface area contributed by atoms with E-state index in [1.54, 1.807) is 12.3 Å². The second-order valence-corrected chi connectivity index (χ2v) is 3.98. The summed E-state index contributed by atoms with van der Waals surface area (Å²) in [6.45, 7) is 5.05. The van der Waals surface area contributed by atoms with Gasteiger partial charge in [0, 0.05) is 6.20 Å². The maximum atomic E-state index is 13.6. The van der Waals surface area contributed by atoms with E-state index in [2.05, 4.69) is 17.2 Å². The molecule has 90 valence electrons. The van der Waals surface area contributed by atoms with Crippen molar-refractivity contribution in [3.05, 3.63) is 29.8 Å². The average molecular weight is 224 g/mol. The molecule has 3 heteroatoms. The maximum absolute atomic E-state index is 13.6. The quantitative estimate of drug-likeness (QED) is 0.717. The van der Waals surface area contributed by atoms with Crippen molar-refractivity contribution in [2.24, 2.45) is 0 Å². The summed E-state index contributed by atoms with van der Waals surface area (Å²) in [6, 6.07) is 3.16. The molecule has 0 radical (unpaired) electrons. The molecule has 1 aromatic rings. The first-order valence-corrected chi connectivity index (χ1v) is 6.13. The van der Waals surface area contributed by atoms with Crippen LogP contribution in [-0.4, -0.2) is 11.5 Å². The highest BCUT2D eigenvalue weighted by Gasteiger charge is 2.15. The SMILES string of the molecule is CCCCCC(NCC)c1ncccc1F. The molecule has 0 saturated carbocycles. The molecule has 1 rings (SSSR count).